The number of piperidine rings is 1. The summed E-state index contributed by atoms with van der Waals surface area (Å²) in [6, 6.07) is 4.43. The third kappa shape index (κ3) is 3.97. The summed E-state index contributed by atoms with van der Waals surface area (Å²) < 4.78 is 5.29. The minimum absolute atomic E-state index is 0.0703. The number of rotatable bonds is 4. The van der Waals surface area contributed by atoms with Gasteiger partial charge in [-0.2, -0.15) is 0 Å². The Balaban J connectivity index is 1.79. The van der Waals surface area contributed by atoms with Crippen molar-refractivity contribution in [2.45, 2.75) is 51.0 Å². The van der Waals surface area contributed by atoms with Crippen molar-refractivity contribution in [3.63, 3.8) is 0 Å². The first-order valence-electron chi connectivity index (χ1n) is 8.83. The van der Waals surface area contributed by atoms with E-state index in [4.69, 9.17) is 4.74 Å². The Morgan fingerprint density at radius 1 is 1.16 bits per heavy atom. The highest BCUT2D eigenvalue weighted by Gasteiger charge is 2.28. The summed E-state index contributed by atoms with van der Waals surface area (Å²) in [6.45, 7) is 1.56. The van der Waals surface area contributed by atoms with Crippen LogP contribution in [-0.4, -0.2) is 35.9 Å². The Kier molecular flexibility index (Phi) is 5.31. The maximum Gasteiger partial charge on any atom is 0.339 e. The number of nitrogens with zero attached hydrogens (tertiary/aromatic N) is 2. The van der Waals surface area contributed by atoms with Gasteiger partial charge in [-0.3, -0.25) is 14.9 Å². The number of nitro groups is 1. The Labute approximate surface area is 146 Å². The van der Waals surface area contributed by atoms with Gasteiger partial charge in [0, 0.05) is 25.6 Å². The Morgan fingerprint density at radius 2 is 1.92 bits per heavy atom. The van der Waals surface area contributed by atoms with Gasteiger partial charge >= 0.3 is 5.97 Å². The summed E-state index contributed by atoms with van der Waals surface area (Å²) in [5.74, 6) is -0.743. The highest BCUT2D eigenvalue weighted by atomic mass is 16.6. The number of anilines is 1. The molecule has 7 heteroatoms. The molecule has 0 spiro atoms. The molecule has 1 saturated heterocycles. The summed E-state index contributed by atoms with van der Waals surface area (Å²) in [7, 11) is 0. The van der Waals surface area contributed by atoms with Gasteiger partial charge in [0.1, 0.15) is 5.69 Å². The van der Waals surface area contributed by atoms with E-state index in [1.54, 1.807) is 12.1 Å². The summed E-state index contributed by atoms with van der Waals surface area (Å²) in [4.78, 5) is 37.1. The molecule has 7 nitrogen and oxygen atoms in total. The molecule has 1 aliphatic heterocycles. The summed E-state index contributed by atoms with van der Waals surface area (Å²) in [6.07, 6.45) is 5.03. The molecule has 0 unspecified atom stereocenters. The third-order valence-electron chi connectivity index (χ3n) is 4.85. The van der Waals surface area contributed by atoms with Crippen molar-refractivity contribution in [1.29, 1.82) is 0 Å². The fourth-order valence-corrected chi connectivity index (χ4v) is 3.47. The highest BCUT2D eigenvalue weighted by Crippen LogP contribution is 2.32. The van der Waals surface area contributed by atoms with E-state index in [1.807, 2.05) is 4.90 Å². The number of hydrogen-bond donors (Lipinski definition) is 0. The van der Waals surface area contributed by atoms with Crippen LogP contribution in [0.2, 0.25) is 0 Å². The van der Waals surface area contributed by atoms with Crippen molar-refractivity contribution in [2.24, 2.45) is 0 Å². The van der Waals surface area contributed by atoms with Crippen molar-refractivity contribution < 1.29 is 19.2 Å². The van der Waals surface area contributed by atoms with Crippen LogP contribution in [0.4, 0.5) is 11.4 Å². The van der Waals surface area contributed by atoms with Crippen LogP contribution in [0.1, 0.15) is 55.3 Å². The average molecular weight is 346 g/mol. The van der Waals surface area contributed by atoms with Crippen LogP contribution in [0.5, 0.6) is 0 Å². The molecule has 25 heavy (non-hydrogen) atoms. The van der Waals surface area contributed by atoms with E-state index in [0.717, 1.165) is 45.2 Å². The molecule has 0 N–H and O–H groups in total. The SMILES string of the molecule is O=C(O[C@@H]1CCCCC1=O)c1ccc(N2CCCCC2)c([N+](=O)[O-])c1. The number of hydrogen-bond acceptors (Lipinski definition) is 6. The molecule has 1 aromatic rings. The molecule has 134 valence electrons. The molecule has 2 aliphatic rings. The van der Waals surface area contributed by atoms with E-state index in [9.17, 15) is 19.7 Å². The minimum atomic E-state index is -0.720. The topological polar surface area (TPSA) is 89.8 Å². The number of carbonyl (C=O) groups excluding carboxylic acids is 2. The number of Topliss-reactive ketones (excluding diaryl/α,β-unsaturated/α-hetero) is 1. The molecule has 2 fully saturated rings. The number of carbonyl (C=O) groups is 2. The summed E-state index contributed by atoms with van der Waals surface area (Å²) in [5.41, 5.74) is 0.562. The van der Waals surface area contributed by atoms with Gasteiger partial charge in [-0.1, -0.05) is 0 Å². The van der Waals surface area contributed by atoms with Gasteiger partial charge in [-0.15, -0.1) is 0 Å². The predicted molar refractivity (Wildman–Crippen MR) is 91.8 cm³/mol. The first-order valence-corrected chi connectivity index (χ1v) is 8.83. The van der Waals surface area contributed by atoms with Crippen molar-refractivity contribution in [2.75, 3.05) is 18.0 Å². The molecule has 1 aromatic carbocycles. The lowest BCUT2D eigenvalue weighted by Gasteiger charge is -2.28. The zero-order valence-electron chi connectivity index (χ0n) is 14.1. The lowest BCUT2D eigenvalue weighted by atomic mass is 9.96. The average Bonchev–Trinajstić information content (AvgIpc) is 2.63. The van der Waals surface area contributed by atoms with E-state index in [1.165, 1.54) is 6.07 Å². The van der Waals surface area contributed by atoms with Gasteiger partial charge in [0.05, 0.1) is 10.5 Å². The van der Waals surface area contributed by atoms with Crippen molar-refractivity contribution in [1.82, 2.24) is 0 Å². The van der Waals surface area contributed by atoms with Crippen LogP contribution in [0.15, 0.2) is 18.2 Å². The van der Waals surface area contributed by atoms with Crippen LogP contribution in [-0.2, 0) is 9.53 Å². The summed E-state index contributed by atoms with van der Waals surface area (Å²) in [5, 5.41) is 11.5. The molecular formula is C18H22N2O5. The van der Waals surface area contributed by atoms with Crippen LogP contribution >= 0.6 is 0 Å². The monoisotopic (exact) mass is 346 g/mol. The maximum absolute atomic E-state index is 12.3. The second kappa shape index (κ2) is 7.63. The van der Waals surface area contributed by atoms with E-state index in [-0.39, 0.29) is 17.0 Å². The Hall–Kier alpha value is -2.44. The molecule has 1 aliphatic carbocycles. The molecule has 3 rings (SSSR count). The number of nitro benzene ring substituents is 1. The first kappa shape index (κ1) is 17.4. The van der Waals surface area contributed by atoms with Gasteiger partial charge < -0.3 is 9.64 Å². The van der Waals surface area contributed by atoms with Crippen LogP contribution in [0.25, 0.3) is 0 Å². The van der Waals surface area contributed by atoms with Crippen LogP contribution < -0.4 is 4.90 Å². The molecule has 0 amide bonds. The van der Waals surface area contributed by atoms with Crippen molar-refractivity contribution >= 4 is 23.1 Å². The van der Waals surface area contributed by atoms with Crippen molar-refractivity contribution in [3.05, 3.63) is 33.9 Å². The largest absolute Gasteiger partial charge is 0.451 e. The van der Waals surface area contributed by atoms with E-state index >= 15 is 0 Å². The molecule has 0 bridgehead atoms. The standard InChI is InChI=1S/C18H22N2O5/c21-16-6-2-3-7-17(16)25-18(22)13-8-9-14(15(12-13)20(23)24)19-10-4-1-5-11-19/h8-9,12,17H,1-7,10-11H2/t17-/m1/s1. The minimum Gasteiger partial charge on any atom is -0.451 e. The zero-order valence-corrected chi connectivity index (χ0v) is 14.1. The first-order chi connectivity index (χ1) is 12.1. The third-order valence-corrected chi connectivity index (χ3v) is 4.85. The van der Waals surface area contributed by atoms with Gasteiger partial charge in [0.25, 0.3) is 5.69 Å². The number of esters is 1. The fraction of sp³-hybridized carbons (Fsp3) is 0.556. The Bertz CT molecular complexity index is 682. The molecular weight excluding hydrogens is 324 g/mol. The Morgan fingerprint density at radius 3 is 2.60 bits per heavy atom. The van der Waals surface area contributed by atoms with E-state index in [2.05, 4.69) is 0 Å². The van der Waals surface area contributed by atoms with Crippen molar-refractivity contribution in [3.8, 4) is 0 Å². The maximum atomic E-state index is 12.3. The number of benzene rings is 1. The fourth-order valence-electron chi connectivity index (χ4n) is 3.47. The smallest absolute Gasteiger partial charge is 0.339 e. The van der Waals surface area contributed by atoms with Gasteiger partial charge in [-0.25, -0.2) is 4.79 Å². The number of ether oxygens (including phenoxy) is 1. The van der Waals surface area contributed by atoms with Gasteiger partial charge in [-0.05, 0) is 50.7 Å². The van der Waals surface area contributed by atoms with Gasteiger partial charge in [0.2, 0.25) is 0 Å². The summed E-state index contributed by atoms with van der Waals surface area (Å²) >= 11 is 0. The molecule has 0 aromatic heterocycles. The normalized spacial score (nSPS) is 21.0. The molecule has 1 heterocycles. The number of ketones is 1. The highest BCUT2D eigenvalue weighted by molar-refractivity contribution is 5.94. The zero-order chi connectivity index (χ0) is 17.8. The predicted octanol–water partition coefficient (Wildman–Crippen LogP) is 3.25. The van der Waals surface area contributed by atoms with E-state index < -0.39 is 17.0 Å². The van der Waals surface area contributed by atoms with Crippen LogP contribution in [0.3, 0.4) is 0 Å². The van der Waals surface area contributed by atoms with Crippen LogP contribution in [0, 0.1) is 10.1 Å². The second-order valence-corrected chi connectivity index (χ2v) is 6.61. The lowest BCUT2D eigenvalue weighted by Crippen LogP contribution is -2.31. The quantitative estimate of drug-likeness (QED) is 0.472. The van der Waals surface area contributed by atoms with E-state index in [0.29, 0.717) is 18.5 Å². The molecule has 1 saturated carbocycles. The molecule has 1 atom stereocenters. The second-order valence-electron chi connectivity index (χ2n) is 6.61. The van der Waals surface area contributed by atoms with Gasteiger partial charge in [0.15, 0.2) is 11.9 Å². The lowest BCUT2D eigenvalue weighted by molar-refractivity contribution is -0.384. The molecule has 0 radical (unpaired) electrons.